The van der Waals surface area contributed by atoms with Gasteiger partial charge in [-0.1, -0.05) is 0 Å². The number of hydrogen-bond acceptors (Lipinski definition) is 3. The molecule has 1 aromatic heterocycles. The summed E-state index contributed by atoms with van der Waals surface area (Å²) in [6, 6.07) is 6.46. The van der Waals surface area contributed by atoms with Crippen LogP contribution in [0.4, 0.5) is 4.39 Å². The average molecular weight is 345 g/mol. The summed E-state index contributed by atoms with van der Waals surface area (Å²) in [5.41, 5.74) is 2.34. The van der Waals surface area contributed by atoms with Gasteiger partial charge in [0.05, 0.1) is 5.69 Å². The number of likely N-dealkylation sites (tertiary alicyclic amines) is 1. The minimum absolute atomic E-state index is 0.0324. The van der Waals surface area contributed by atoms with Crippen LogP contribution in [0.15, 0.2) is 24.3 Å². The van der Waals surface area contributed by atoms with Gasteiger partial charge in [-0.25, -0.2) is 9.07 Å². The molecular formula is C19H24FN3O2. The predicted octanol–water partition coefficient (Wildman–Crippen LogP) is 3.01. The van der Waals surface area contributed by atoms with Crippen molar-refractivity contribution in [2.75, 3.05) is 13.2 Å². The lowest BCUT2D eigenvalue weighted by Gasteiger charge is -2.35. The van der Waals surface area contributed by atoms with Crippen LogP contribution >= 0.6 is 0 Å². The highest BCUT2D eigenvalue weighted by molar-refractivity contribution is 5.94. The average Bonchev–Trinajstić information content (AvgIpc) is 2.93. The van der Waals surface area contributed by atoms with E-state index in [0.717, 1.165) is 30.7 Å². The molecule has 1 unspecified atom stereocenters. The fraction of sp³-hybridized carbons (Fsp3) is 0.474. The van der Waals surface area contributed by atoms with Crippen LogP contribution in [-0.2, 0) is 0 Å². The van der Waals surface area contributed by atoms with E-state index in [1.54, 1.807) is 21.7 Å². The van der Waals surface area contributed by atoms with Gasteiger partial charge in [0.25, 0.3) is 5.91 Å². The number of rotatable bonds is 4. The van der Waals surface area contributed by atoms with Crippen molar-refractivity contribution in [1.29, 1.82) is 0 Å². The second-order valence-corrected chi connectivity index (χ2v) is 6.67. The number of aryl methyl sites for hydroxylation is 2. The van der Waals surface area contributed by atoms with Gasteiger partial charge in [0.15, 0.2) is 0 Å². The van der Waals surface area contributed by atoms with Crippen molar-refractivity contribution < 1.29 is 14.3 Å². The first-order chi connectivity index (χ1) is 12.0. The Bertz CT molecular complexity index is 770. The zero-order chi connectivity index (χ0) is 18.0. The van der Waals surface area contributed by atoms with E-state index in [9.17, 15) is 14.3 Å². The van der Waals surface area contributed by atoms with E-state index in [-0.39, 0.29) is 18.6 Å². The molecule has 0 spiro atoms. The molecule has 2 aromatic rings. The number of aliphatic hydroxyl groups is 1. The molecule has 1 atom stereocenters. The van der Waals surface area contributed by atoms with Crippen LogP contribution in [0.3, 0.4) is 0 Å². The van der Waals surface area contributed by atoms with Crippen LogP contribution < -0.4 is 0 Å². The summed E-state index contributed by atoms with van der Waals surface area (Å²) >= 11 is 0. The maximum Gasteiger partial charge on any atom is 0.254 e. The zero-order valence-electron chi connectivity index (χ0n) is 14.7. The Kier molecular flexibility index (Phi) is 5.18. The fourth-order valence-corrected chi connectivity index (χ4v) is 3.57. The number of piperidine rings is 1. The SMILES string of the molecule is Cc1cc(C)n(-c2ccc(C(=O)N3CCCCC3CCO)cc2F)n1. The van der Waals surface area contributed by atoms with E-state index in [4.69, 9.17) is 0 Å². The van der Waals surface area contributed by atoms with Gasteiger partial charge in [0.2, 0.25) is 0 Å². The van der Waals surface area contributed by atoms with Crippen LogP contribution in [0.1, 0.15) is 47.4 Å². The number of nitrogens with zero attached hydrogens (tertiary/aromatic N) is 3. The Balaban J connectivity index is 1.87. The van der Waals surface area contributed by atoms with Gasteiger partial charge >= 0.3 is 0 Å². The number of carbonyl (C=O) groups is 1. The summed E-state index contributed by atoms with van der Waals surface area (Å²) in [6.07, 6.45) is 3.45. The van der Waals surface area contributed by atoms with E-state index in [2.05, 4.69) is 5.10 Å². The number of hydrogen-bond donors (Lipinski definition) is 1. The van der Waals surface area contributed by atoms with E-state index in [1.807, 2.05) is 19.9 Å². The molecule has 1 amide bonds. The van der Waals surface area contributed by atoms with Crippen molar-refractivity contribution in [3.8, 4) is 5.69 Å². The molecule has 0 saturated carbocycles. The van der Waals surface area contributed by atoms with Gasteiger partial charge in [-0.3, -0.25) is 4.79 Å². The molecule has 0 bridgehead atoms. The molecule has 6 heteroatoms. The molecule has 3 rings (SSSR count). The molecule has 1 aliphatic heterocycles. The molecule has 25 heavy (non-hydrogen) atoms. The van der Waals surface area contributed by atoms with Gasteiger partial charge in [0, 0.05) is 30.5 Å². The third-order valence-corrected chi connectivity index (χ3v) is 4.78. The molecule has 134 valence electrons. The number of carbonyl (C=O) groups excluding carboxylic acids is 1. The lowest BCUT2D eigenvalue weighted by atomic mass is 9.98. The van der Waals surface area contributed by atoms with Crippen LogP contribution in [0, 0.1) is 19.7 Å². The Labute approximate surface area is 147 Å². The zero-order valence-corrected chi connectivity index (χ0v) is 14.7. The van der Waals surface area contributed by atoms with Gasteiger partial charge < -0.3 is 10.0 Å². The molecule has 1 aromatic carbocycles. The second-order valence-electron chi connectivity index (χ2n) is 6.67. The Morgan fingerprint density at radius 1 is 1.32 bits per heavy atom. The van der Waals surface area contributed by atoms with E-state index < -0.39 is 5.82 Å². The number of benzene rings is 1. The highest BCUT2D eigenvalue weighted by Crippen LogP contribution is 2.24. The maximum absolute atomic E-state index is 14.6. The van der Waals surface area contributed by atoms with E-state index in [1.165, 1.54) is 6.07 Å². The normalized spacial score (nSPS) is 17.8. The molecule has 1 aliphatic rings. The molecule has 1 N–H and O–H groups in total. The van der Waals surface area contributed by atoms with Crippen LogP contribution in [0.5, 0.6) is 0 Å². The van der Waals surface area contributed by atoms with Crippen molar-refractivity contribution in [1.82, 2.24) is 14.7 Å². The molecule has 5 nitrogen and oxygen atoms in total. The maximum atomic E-state index is 14.6. The summed E-state index contributed by atoms with van der Waals surface area (Å²) in [6.45, 7) is 4.44. The Hall–Kier alpha value is -2.21. The second kappa shape index (κ2) is 7.35. The summed E-state index contributed by atoms with van der Waals surface area (Å²) in [4.78, 5) is 14.6. The Morgan fingerprint density at radius 2 is 2.12 bits per heavy atom. The van der Waals surface area contributed by atoms with Crippen molar-refractivity contribution in [3.05, 3.63) is 47.0 Å². The first-order valence-electron chi connectivity index (χ1n) is 8.76. The van der Waals surface area contributed by atoms with Crippen molar-refractivity contribution >= 4 is 5.91 Å². The van der Waals surface area contributed by atoms with Gasteiger partial charge in [-0.2, -0.15) is 5.10 Å². The predicted molar refractivity (Wildman–Crippen MR) is 93.4 cm³/mol. The van der Waals surface area contributed by atoms with Gasteiger partial charge in [-0.15, -0.1) is 0 Å². The molecule has 1 fully saturated rings. The fourth-order valence-electron chi connectivity index (χ4n) is 3.57. The Morgan fingerprint density at radius 3 is 2.76 bits per heavy atom. The summed E-state index contributed by atoms with van der Waals surface area (Å²) in [7, 11) is 0. The molecule has 0 aliphatic carbocycles. The van der Waals surface area contributed by atoms with Crippen molar-refractivity contribution in [2.24, 2.45) is 0 Å². The largest absolute Gasteiger partial charge is 0.396 e. The minimum atomic E-state index is -0.465. The minimum Gasteiger partial charge on any atom is -0.396 e. The standard InChI is InChI=1S/C19H24FN3O2/c1-13-11-14(2)23(21-13)18-7-6-15(12-17(18)20)19(25)22-9-4-3-5-16(22)8-10-24/h6-7,11-12,16,24H,3-5,8-10H2,1-2H3. The van der Waals surface area contributed by atoms with Crippen LogP contribution in [0.25, 0.3) is 5.69 Å². The molecule has 2 heterocycles. The molecule has 1 saturated heterocycles. The van der Waals surface area contributed by atoms with Gasteiger partial charge in [0.1, 0.15) is 11.5 Å². The third kappa shape index (κ3) is 3.58. The highest BCUT2D eigenvalue weighted by Gasteiger charge is 2.27. The summed E-state index contributed by atoms with van der Waals surface area (Å²) in [5.74, 6) is -0.635. The van der Waals surface area contributed by atoms with E-state index >= 15 is 0 Å². The first-order valence-corrected chi connectivity index (χ1v) is 8.76. The highest BCUT2D eigenvalue weighted by atomic mass is 19.1. The molecular weight excluding hydrogens is 321 g/mol. The van der Waals surface area contributed by atoms with Crippen molar-refractivity contribution in [3.63, 3.8) is 0 Å². The number of halogens is 1. The lowest BCUT2D eigenvalue weighted by molar-refractivity contribution is 0.0574. The number of aliphatic hydroxyl groups excluding tert-OH is 1. The van der Waals surface area contributed by atoms with Gasteiger partial charge in [-0.05, 0) is 63.8 Å². The first kappa shape index (κ1) is 17.6. The lowest BCUT2D eigenvalue weighted by Crippen LogP contribution is -2.44. The number of amides is 1. The summed E-state index contributed by atoms with van der Waals surface area (Å²) in [5, 5.41) is 13.5. The number of aromatic nitrogens is 2. The van der Waals surface area contributed by atoms with E-state index in [0.29, 0.717) is 24.2 Å². The smallest absolute Gasteiger partial charge is 0.254 e. The third-order valence-electron chi connectivity index (χ3n) is 4.78. The summed E-state index contributed by atoms with van der Waals surface area (Å²) < 4.78 is 16.2. The van der Waals surface area contributed by atoms with Crippen molar-refractivity contribution in [2.45, 2.75) is 45.6 Å². The topological polar surface area (TPSA) is 58.4 Å². The quantitative estimate of drug-likeness (QED) is 0.927. The van der Waals surface area contributed by atoms with Crippen LogP contribution in [-0.4, -0.2) is 44.9 Å². The monoisotopic (exact) mass is 345 g/mol. The molecule has 0 radical (unpaired) electrons. The van der Waals surface area contributed by atoms with Crippen LogP contribution in [0.2, 0.25) is 0 Å².